The first-order chi connectivity index (χ1) is 27.6. The van der Waals surface area contributed by atoms with Gasteiger partial charge in [-0.15, -0.1) is 0 Å². The zero-order valence-electron chi connectivity index (χ0n) is 31.7. The number of aromatic nitrogens is 2. The normalized spacial score (nSPS) is 23.2. The molecule has 0 spiro atoms. The smallest absolute Gasteiger partial charge is 0.271 e. The number of nitrogens with one attached hydrogen (secondary N) is 2. The fraction of sp³-hybridized carbons (Fsp3) is 0.463. The lowest BCUT2D eigenvalue weighted by Gasteiger charge is -2.47. The van der Waals surface area contributed by atoms with Gasteiger partial charge in [-0.1, -0.05) is 0 Å². The van der Waals surface area contributed by atoms with Crippen molar-refractivity contribution >= 4 is 64.1 Å². The van der Waals surface area contributed by atoms with E-state index >= 15 is 0 Å². The third-order valence-corrected chi connectivity index (χ3v) is 12.7. The molecule has 57 heavy (non-hydrogen) atoms. The Morgan fingerprint density at radius 3 is 2.23 bits per heavy atom. The Morgan fingerprint density at radius 2 is 1.51 bits per heavy atom. The number of primary amides is 1. The lowest BCUT2D eigenvalue weighted by Crippen LogP contribution is -2.54. The molecular formula is C41H46N10O6. The van der Waals surface area contributed by atoms with Crippen LogP contribution in [-0.2, 0) is 14.4 Å². The van der Waals surface area contributed by atoms with Crippen molar-refractivity contribution in [3.63, 3.8) is 0 Å². The van der Waals surface area contributed by atoms with Gasteiger partial charge in [-0.3, -0.25) is 39.0 Å². The highest BCUT2D eigenvalue weighted by Gasteiger charge is 2.45. The van der Waals surface area contributed by atoms with Crippen molar-refractivity contribution in [1.82, 2.24) is 25.1 Å². The van der Waals surface area contributed by atoms with Crippen LogP contribution in [0.15, 0.2) is 48.7 Å². The minimum Gasteiger partial charge on any atom is -0.371 e. The molecule has 9 rings (SSSR count). The molecule has 2 atom stereocenters. The van der Waals surface area contributed by atoms with Crippen LogP contribution in [0.1, 0.15) is 82.6 Å². The van der Waals surface area contributed by atoms with Crippen LogP contribution in [0.3, 0.4) is 0 Å². The summed E-state index contributed by atoms with van der Waals surface area (Å²) in [5, 5.41) is 5.51. The largest absolute Gasteiger partial charge is 0.371 e. The van der Waals surface area contributed by atoms with E-state index in [1.54, 1.807) is 18.3 Å². The highest BCUT2D eigenvalue weighted by molar-refractivity contribution is 6.23. The lowest BCUT2D eigenvalue weighted by atomic mass is 9.79. The lowest BCUT2D eigenvalue weighted by molar-refractivity contribution is -0.136. The van der Waals surface area contributed by atoms with Gasteiger partial charge in [0.25, 0.3) is 17.7 Å². The van der Waals surface area contributed by atoms with Crippen LogP contribution in [0.5, 0.6) is 0 Å². The van der Waals surface area contributed by atoms with E-state index in [-0.39, 0.29) is 30.5 Å². The van der Waals surface area contributed by atoms with Crippen molar-refractivity contribution in [2.24, 2.45) is 17.6 Å². The quantitative estimate of drug-likeness (QED) is 0.270. The van der Waals surface area contributed by atoms with E-state index in [0.717, 1.165) is 93.3 Å². The van der Waals surface area contributed by atoms with Crippen LogP contribution >= 0.6 is 0 Å². The molecule has 16 heteroatoms. The Morgan fingerprint density at radius 1 is 0.754 bits per heavy atom. The number of nitrogens with zero attached hydrogens (tertiary/aromatic N) is 7. The molecule has 5 fully saturated rings. The average Bonchev–Trinajstić information content (AvgIpc) is 3.74. The number of likely N-dealkylation sites (tertiary alicyclic amines) is 1. The Hall–Kier alpha value is -6.06. The standard InChI is InChI=1S/C41H46N10O6/c42-37(54)36-38(45-33(20-43-36)48-15-1-3-29(23-48)50-16-2-4-35(50)53)44-26-5-7-27(8-6-26)49-21-25(22-49)24-13-17-47(18-14-24)28-9-10-30-31(19-28)41(57)51(40(30)56)32-11-12-34(52)46-39(32)55/h5-10,19-20,24-25,29,32H,1-4,11-18,21-23H2,(H2,42,54)(H,44,45)(H,46,52,55)/t29-,32?/m1/s1. The molecule has 0 bridgehead atoms. The number of fused-ring (bicyclic) bond motifs is 1. The van der Waals surface area contributed by atoms with Gasteiger partial charge in [0, 0.05) is 81.8 Å². The van der Waals surface area contributed by atoms with Gasteiger partial charge in [0.1, 0.15) is 11.9 Å². The summed E-state index contributed by atoms with van der Waals surface area (Å²) in [4.78, 5) is 94.2. The number of imide groups is 2. The van der Waals surface area contributed by atoms with Gasteiger partial charge >= 0.3 is 0 Å². The minimum absolute atomic E-state index is 0.0685. The van der Waals surface area contributed by atoms with Gasteiger partial charge in [0.2, 0.25) is 17.7 Å². The maximum atomic E-state index is 13.3. The molecule has 5 saturated heterocycles. The first-order valence-electron chi connectivity index (χ1n) is 20.0. The summed E-state index contributed by atoms with van der Waals surface area (Å²) < 4.78 is 0. The fourth-order valence-electron chi connectivity index (χ4n) is 9.47. The summed E-state index contributed by atoms with van der Waals surface area (Å²) in [6.07, 6.45) is 7.26. The molecule has 16 nitrogen and oxygen atoms in total. The summed E-state index contributed by atoms with van der Waals surface area (Å²) >= 11 is 0. The number of benzene rings is 2. The number of carbonyl (C=O) groups excluding carboxylic acids is 6. The number of hydrogen-bond acceptors (Lipinski definition) is 12. The minimum atomic E-state index is -0.978. The van der Waals surface area contributed by atoms with Crippen molar-refractivity contribution < 1.29 is 28.8 Å². The van der Waals surface area contributed by atoms with E-state index < -0.39 is 35.6 Å². The third kappa shape index (κ3) is 6.90. The molecular weight excluding hydrogens is 729 g/mol. The summed E-state index contributed by atoms with van der Waals surface area (Å²) in [5.41, 5.74) is 9.12. The summed E-state index contributed by atoms with van der Waals surface area (Å²) in [7, 11) is 0. The van der Waals surface area contributed by atoms with Crippen molar-refractivity contribution in [1.29, 1.82) is 0 Å². The first kappa shape index (κ1) is 36.6. The van der Waals surface area contributed by atoms with Gasteiger partial charge in [-0.05, 0) is 92.8 Å². The molecule has 7 heterocycles. The van der Waals surface area contributed by atoms with Crippen molar-refractivity contribution in [3.05, 3.63) is 65.5 Å². The predicted octanol–water partition coefficient (Wildman–Crippen LogP) is 2.66. The van der Waals surface area contributed by atoms with Gasteiger partial charge in [0.15, 0.2) is 11.5 Å². The second kappa shape index (κ2) is 14.8. The molecule has 6 amide bonds. The topological polar surface area (TPSA) is 194 Å². The SMILES string of the molecule is NC(=O)c1ncc(N2CCC[C@@H](N3CCCC3=O)C2)nc1Nc1ccc(N2CC(C3CCN(c4ccc5c(c4)C(=O)N(C4CCC(=O)NC4=O)C5=O)CC3)C2)cc1. The average molecular weight is 775 g/mol. The Labute approximate surface area is 329 Å². The summed E-state index contributed by atoms with van der Waals surface area (Å²) in [6, 6.07) is 12.6. The molecule has 6 aliphatic rings. The molecule has 0 aliphatic carbocycles. The van der Waals surface area contributed by atoms with E-state index in [1.807, 2.05) is 23.1 Å². The molecule has 4 N–H and O–H groups in total. The third-order valence-electron chi connectivity index (χ3n) is 12.7. The van der Waals surface area contributed by atoms with E-state index in [4.69, 9.17) is 10.7 Å². The maximum absolute atomic E-state index is 13.3. The summed E-state index contributed by atoms with van der Waals surface area (Å²) in [6.45, 7) is 5.87. The monoisotopic (exact) mass is 774 g/mol. The van der Waals surface area contributed by atoms with E-state index in [9.17, 15) is 28.8 Å². The number of anilines is 5. The molecule has 6 aliphatic heterocycles. The second-order valence-corrected chi connectivity index (χ2v) is 16.1. The Bertz CT molecular complexity index is 2150. The molecule has 0 saturated carbocycles. The zero-order chi connectivity index (χ0) is 39.4. The highest BCUT2D eigenvalue weighted by Crippen LogP contribution is 2.38. The van der Waals surface area contributed by atoms with Gasteiger partial charge < -0.3 is 30.7 Å². The van der Waals surface area contributed by atoms with Gasteiger partial charge in [-0.2, -0.15) is 0 Å². The molecule has 296 valence electrons. The number of nitrogens with two attached hydrogens (primary N) is 1. The van der Waals surface area contributed by atoms with Crippen molar-refractivity contribution in [2.75, 3.05) is 65.8 Å². The molecule has 2 aromatic carbocycles. The van der Waals surface area contributed by atoms with Gasteiger partial charge in [0.05, 0.1) is 17.3 Å². The molecule has 1 aromatic heterocycles. The Balaban J connectivity index is 0.782. The van der Waals surface area contributed by atoms with Crippen LogP contribution in [0, 0.1) is 11.8 Å². The maximum Gasteiger partial charge on any atom is 0.271 e. The fourth-order valence-corrected chi connectivity index (χ4v) is 9.47. The molecule has 3 aromatic rings. The van der Waals surface area contributed by atoms with Crippen LogP contribution in [0.4, 0.5) is 28.7 Å². The van der Waals surface area contributed by atoms with Crippen LogP contribution < -0.4 is 31.1 Å². The van der Waals surface area contributed by atoms with E-state index in [0.29, 0.717) is 47.6 Å². The van der Waals surface area contributed by atoms with Crippen LogP contribution in [-0.4, -0.2) is 113 Å². The van der Waals surface area contributed by atoms with E-state index in [1.165, 1.54) is 0 Å². The Kier molecular flexibility index (Phi) is 9.49. The van der Waals surface area contributed by atoms with Crippen LogP contribution in [0.25, 0.3) is 0 Å². The number of piperidine rings is 3. The highest BCUT2D eigenvalue weighted by atomic mass is 16.2. The van der Waals surface area contributed by atoms with Crippen molar-refractivity contribution in [2.45, 2.75) is 63.5 Å². The number of amides is 6. The van der Waals surface area contributed by atoms with Crippen molar-refractivity contribution in [3.8, 4) is 0 Å². The second-order valence-electron chi connectivity index (χ2n) is 16.1. The number of rotatable bonds is 9. The predicted molar refractivity (Wildman–Crippen MR) is 210 cm³/mol. The summed E-state index contributed by atoms with van der Waals surface area (Å²) in [5.74, 6) is -0.348. The number of hydrogen-bond donors (Lipinski definition) is 3. The van der Waals surface area contributed by atoms with E-state index in [2.05, 4.69) is 42.5 Å². The van der Waals surface area contributed by atoms with Gasteiger partial charge in [-0.25, -0.2) is 9.97 Å². The zero-order valence-corrected chi connectivity index (χ0v) is 31.7. The molecule has 0 radical (unpaired) electrons. The van der Waals surface area contributed by atoms with Crippen LogP contribution in [0.2, 0.25) is 0 Å². The number of carbonyl (C=O) groups is 6. The molecule has 1 unspecified atom stereocenters. The first-order valence-corrected chi connectivity index (χ1v) is 20.0.